The number of halogens is 3. The molecule has 0 spiro atoms. The third-order valence-electron chi connectivity index (χ3n) is 9.66. The van der Waals surface area contributed by atoms with Gasteiger partial charge in [0, 0.05) is 43.1 Å². The summed E-state index contributed by atoms with van der Waals surface area (Å²) in [5, 5.41) is 0. The van der Waals surface area contributed by atoms with Crippen LogP contribution in [-0.2, 0) is 12.7 Å². The zero-order chi connectivity index (χ0) is 32.0. The third kappa shape index (κ3) is 6.25. The number of hydrogen-bond donors (Lipinski definition) is 0. The Bertz CT molecular complexity index is 1860. The van der Waals surface area contributed by atoms with Gasteiger partial charge in [-0.05, 0) is 92.1 Å². The van der Waals surface area contributed by atoms with E-state index in [1.807, 2.05) is 25.1 Å². The maximum Gasteiger partial charge on any atom is 0.416 e. The fourth-order valence-corrected chi connectivity index (χ4v) is 7.00. The molecule has 1 aromatic heterocycles. The van der Waals surface area contributed by atoms with Crippen LogP contribution in [0.3, 0.4) is 0 Å². The zero-order valence-electron chi connectivity index (χ0n) is 26.2. The lowest BCUT2D eigenvalue weighted by Gasteiger charge is -2.34. The van der Waals surface area contributed by atoms with E-state index in [-0.39, 0.29) is 11.7 Å². The first-order chi connectivity index (χ1) is 22.1. The van der Waals surface area contributed by atoms with Crippen LogP contribution < -0.4 is 0 Å². The maximum atomic E-state index is 13.4. The zero-order valence-corrected chi connectivity index (χ0v) is 26.2. The highest BCUT2D eigenvalue weighted by Crippen LogP contribution is 2.44. The molecule has 2 aliphatic rings. The largest absolute Gasteiger partial charge is 0.416 e. The second-order valence-corrected chi connectivity index (χ2v) is 13.1. The highest BCUT2D eigenvalue weighted by atomic mass is 19.4. The summed E-state index contributed by atoms with van der Waals surface area (Å²) < 4.78 is 42.8. The molecule has 1 saturated carbocycles. The molecule has 2 heterocycles. The molecule has 0 bridgehead atoms. The number of fused-ring (bicyclic) bond motifs is 1. The van der Waals surface area contributed by atoms with Gasteiger partial charge in [0.15, 0.2) is 5.78 Å². The molecule has 46 heavy (non-hydrogen) atoms. The van der Waals surface area contributed by atoms with Gasteiger partial charge in [0.25, 0.3) is 0 Å². The van der Waals surface area contributed by atoms with Crippen molar-refractivity contribution < 1.29 is 18.0 Å². The van der Waals surface area contributed by atoms with Crippen molar-refractivity contribution in [2.75, 3.05) is 13.1 Å². The highest BCUT2D eigenvalue weighted by Gasteiger charge is 2.34. The molecule has 2 fully saturated rings. The molecule has 0 amide bonds. The quantitative estimate of drug-likeness (QED) is 0.128. The number of imidazole rings is 1. The summed E-state index contributed by atoms with van der Waals surface area (Å²) in [7, 11) is 0. The lowest BCUT2D eigenvalue weighted by Crippen LogP contribution is -2.34. The second-order valence-electron chi connectivity index (χ2n) is 13.1. The molecule has 7 heteroatoms. The Morgan fingerprint density at radius 1 is 0.848 bits per heavy atom. The molecule has 1 atom stereocenters. The number of Topliss-reactive ketones (excluding diaryl/α,β-unsaturated/α-hetero) is 1. The van der Waals surface area contributed by atoms with E-state index in [4.69, 9.17) is 4.98 Å². The van der Waals surface area contributed by atoms with Gasteiger partial charge in [-0.3, -0.25) is 9.69 Å². The van der Waals surface area contributed by atoms with E-state index in [1.54, 1.807) is 19.1 Å². The Morgan fingerprint density at radius 3 is 2.13 bits per heavy atom. The van der Waals surface area contributed by atoms with Crippen molar-refractivity contribution in [1.82, 2.24) is 14.5 Å². The first-order valence-corrected chi connectivity index (χ1v) is 16.2. The number of carbonyl (C=O) groups is 1. The predicted octanol–water partition coefficient (Wildman–Crippen LogP) is 9.46. The summed E-state index contributed by atoms with van der Waals surface area (Å²) in [6, 6.07) is 28.6. The van der Waals surface area contributed by atoms with Gasteiger partial charge in [0.1, 0.15) is 5.82 Å². The van der Waals surface area contributed by atoms with Crippen LogP contribution in [0.1, 0.15) is 100 Å². The van der Waals surface area contributed by atoms with Crippen LogP contribution in [0.15, 0.2) is 91.0 Å². The van der Waals surface area contributed by atoms with Gasteiger partial charge in [-0.2, -0.15) is 13.2 Å². The Kier molecular flexibility index (Phi) is 8.05. The van der Waals surface area contributed by atoms with Crippen LogP contribution in [0.2, 0.25) is 0 Å². The number of likely N-dealkylation sites (tertiary alicyclic amines) is 1. The van der Waals surface area contributed by atoms with Crippen LogP contribution in [-0.4, -0.2) is 33.3 Å². The molecule has 7 rings (SSSR count). The van der Waals surface area contributed by atoms with Crippen LogP contribution >= 0.6 is 0 Å². The highest BCUT2D eigenvalue weighted by molar-refractivity contribution is 5.94. The fourth-order valence-electron chi connectivity index (χ4n) is 7.00. The molecule has 0 N–H and O–H groups in total. The molecule has 236 valence electrons. The van der Waals surface area contributed by atoms with Gasteiger partial charge < -0.3 is 4.57 Å². The smallest absolute Gasteiger partial charge is 0.325 e. The van der Waals surface area contributed by atoms with E-state index in [0.29, 0.717) is 12.0 Å². The van der Waals surface area contributed by atoms with E-state index in [9.17, 15) is 18.0 Å². The monoisotopic (exact) mass is 621 g/mol. The van der Waals surface area contributed by atoms with E-state index >= 15 is 0 Å². The Morgan fingerprint density at radius 2 is 1.50 bits per heavy atom. The fraction of sp³-hybridized carbons (Fsp3) is 0.333. The van der Waals surface area contributed by atoms with Crippen molar-refractivity contribution in [3.8, 4) is 0 Å². The number of piperidine rings is 1. The predicted molar refractivity (Wildman–Crippen MR) is 175 cm³/mol. The van der Waals surface area contributed by atoms with Crippen molar-refractivity contribution in [3.63, 3.8) is 0 Å². The SMILES string of the molecule is CC(=O)c1cccc(CN2CCC(n3c(C4CC4)nc4ccc(C(c5ccc(C)cc5)c5ccc(C(F)(F)F)cc5)cc43)CC2)c1. The Labute approximate surface area is 267 Å². The second kappa shape index (κ2) is 12.2. The summed E-state index contributed by atoms with van der Waals surface area (Å²) in [5.41, 5.74) is 7.40. The first-order valence-electron chi connectivity index (χ1n) is 16.2. The molecule has 0 radical (unpaired) electrons. The number of ketones is 1. The summed E-state index contributed by atoms with van der Waals surface area (Å²) >= 11 is 0. The van der Waals surface area contributed by atoms with Crippen molar-refractivity contribution in [3.05, 3.63) is 136 Å². The number of hydrogen-bond acceptors (Lipinski definition) is 3. The van der Waals surface area contributed by atoms with Gasteiger partial charge in [0.05, 0.1) is 16.6 Å². The molecule has 5 aromatic rings. The average molecular weight is 622 g/mol. The van der Waals surface area contributed by atoms with Crippen molar-refractivity contribution in [2.45, 2.75) is 70.1 Å². The lowest BCUT2D eigenvalue weighted by molar-refractivity contribution is -0.137. The minimum absolute atomic E-state index is 0.0856. The number of benzene rings is 4. The number of rotatable bonds is 8. The topological polar surface area (TPSA) is 38.1 Å². The van der Waals surface area contributed by atoms with Crippen LogP contribution in [0, 0.1) is 6.92 Å². The van der Waals surface area contributed by atoms with Crippen molar-refractivity contribution >= 4 is 16.8 Å². The molecule has 1 saturated heterocycles. The number of carbonyl (C=O) groups excluding carboxylic acids is 1. The minimum atomic E-state index is -4.38. The van der Waals surface area contributed by atoms with Gasteiger partial charge in [-0.15, -0.1) is 0 Å². The molecular formula is C39H38F3N3O. The van der Waals surface area contributed by atoms with E-state index < -0.39 is 11.7 Å². The van der Waals surface area contributed by atoms with Gasteiger partial charge in [-0.1, -0.05) is 66.2 Å². The van der Waals surface area contributed by atoms with Crippen LogP contribution in [0.5, 0.6) is 0 Å². The maximum absolute atomic E-state index is 13.4. The standard InChI is InChI=1S/C39H38F3N3O/c1-25-6-8-28(9-7-25)37(29-12-15-33(16-13-29)39(40,41)42)32-14-17-35-36(23-32)45(38(43-35)30-10-11-30)34-18-20-44(21-19-34)24-27-4-3-5-31(22-27)26(2)46/h3-9,12-17,22-23,30,34,37H,10-11,18-21,24H2,1-2H3. The third-order valence-corrected chi connectivity index (χ3v) is 9.66. The van der Waals surface area contributed by atoms with E-state index in [0.717, 1.165) is 89.7 Å². The van der Waals surface area contributed by atoms with Crippen molar-refractivity contribution in [2.24, 2.45) is 0 Å². The number of aryl methyl sites for hydroxylation is 1. The Balaban J connectivity index is 1.21. The first kappa shape index (κ1) is 30.4. The van der Waals surface area contributed by atoms with Crippen LogP contribution in [0.4, 0.5) is 13.2 Å². The summed E-state index contributed by atoms with van der Waals surface area (Å²) in [6.07, 6.45) is -0.0704. The molecule has 1 aliphatic heterocycles. The summed E-state index contributed by atoms with van der Waals surface area (Å²) in [5.74, 6) is 1.52. The number of aromatic nitrogens is 2. The summed E-state index contributed by atoms with van der Waals surface area (Å²) in [6.45, 7) is 6.38. The summed E-state index contributed by atoms with van der Waals surface area (Å²) in [4.78, 5) is 19.5. The average Bonchev–Trinajstić information content (AvgIpc) is 3.83. The van der Waals surface area contributed by atoms with Crippen molar-refractivity contribution in [1.29, 1.82) is 0 Å². The van der Waals surface area contributed by atoms with Gasteiger partial charge in [-0.25, -0.2) is 4.98 Å². The molecule has 1 unspecified atom stereocenters. The molecule has 4 aromatic carbocycles. The minimum Gasteiger partial charge on any atom is -0.325 e. The van der Waals surface area contributed by atoms with Gasteiger partial charge >= 0.3 is 6.18 Å². The Hall–Kier alpha value is -4.23. The molecule has 4 nitrogen and oxygen atoms in total. The van der Waals surface area contributed by atoms with E-state index in [1.165, 1.54) is 18.0 Å². The number of alkyl halides is 3. The lowest BCUT2D eigenvalue weighted by atomic mass is 9.84. The van der Waals surface area contributed by atoms with Gasteiger partial charge in [0.2, 0.25) is 0 Å². The number of nitrogens with zero attached hydrogens (tertiary/aromatic N) is 3. The van der Waals surface area contributed by atoms with Crippen LogP contribution in [0.25, 0.3) is 11.0 Å². The molecule has 1 aliphatic carbocycles. The van der Waals surface area contributed by atoms with E-state index in [2.05, 4.69) is 58.0 Å². The molecular weight excluding hydrogens is 583 g/mol. The normalized spacial score (nSPS) is 17.0.